The molecule has 0 radical (unpaired) electrons. The molecule has 0 aliphatic carbocycles. The average molecular weight is 241 g/mol. The number of ether oxygens (including phenoxy) is 1. The van der Waals surface area contributed by atoms with Gasteiger partial charge in [-0.25, -0.2) is 0 Å². The van der Waals surface area contributed by atoms with Gasteiger partial charge in [0.25, 0.3) is 11.7 Å². The maximum atomic E-state index is 11.9. The first-order valence-electron chi connectivity index (χ1n) is 5.33. The van der Waals surface area contributed by atoms with Crippen LogP contribution in [-0.2, 0) is 9.53 Å². The lowest BCUT2D eigenvalue weighted by molar-refractivity contribution is -0.143. The van der Waals surface area contributed by atoms with Gasteiger partial charge in [0.15, 0.2) is 0 Å². The van der Waals surface area contributed by atoms with E-state index in [9.17, 15) is 9.59 Å². The second-order valence-corrected chi connectivity index (χ2v) is 3.26. The van der Waals surface area contributed by atoms with E-state index in [1.165, 1.54) is 4.90 Å². The number of aryl methyl sites for hydroxylation is 1. The molecule has 1 amide bonds. The summed E-state index contributed by atoms with van der Waals surface area (Å²) in [7, 11) is 0. The highest BCUT2D eigenvalue weighted by Crippen LogP contribution is 2.01. The summed E-state index contributed by atoms with van der Waals surface area (Å²) in [6.07, 6.45) is 0. The minimum atomic E-state index is -0.456. The number of rotatable bonds is 5. The molecule has 17 heavy (non-hydrogen) atoms. The number of aromatic nitrogens is 2. The van der Waals surface area contributed by atoms with Crippen LogP contribution in [0.25, 0.3) is 0 Å². The van der Waals surface area contributed by atoms with Gasteiger partial charge in [0.1, 0.15) is 6.54 Å². The molecule has 0 unspecified atom stereocenters. The van der Waals surface area contributed by atoms with E-state index in [-0.39, 0.29) is 19.0 Å². The van der Waals surface area contributed by atoms with Gasteiger partial charge < -0.3 is 14.2 Å². The molecule has 0 aliphatic rings. The lowest BCUT2D eigenvalue weighted by Gasteiger charge is -2.17. The molecule has 1 aromatic heterocycles. The Hall–Kier alpha value is -1.92. The maximum absolute atomic E-state index is 11.9. The van der Waals surface area contributed by atoms with Crippen LogP contribution in [0.15, 0.2) is 4.52 Å². The van der Waals surface area contributed by atoms with E-state index in [2.05, 4.69) is 10.1 Å². The zero-order chi connectivity index (χ0) is 12.8. The van der Waals surface area contributed by atoms with Gasteiger partial charge in [-0.3, -0.25) is 9.59 Å². The first-order chi connectivity index (χ1) is 8.08. The van der Waals surface area contributed by atoms with Gasteiger partial charge in [0.2, 0.25) is 5.89 Å². The number of carbonyl (C=O) groups excluding carboxylic acids is 2. The van der Waals surface area contributed by atoms with Gasteiger partial charge in [-0.15, -0.1) is 0 Å². The van der Waals surface area contributed by atoms with Crippen LogP contribution in [0.2, 0.25) is 0 Å². The normalized spacial score (nSPS) is 10.1. The third-order valence-corrected chi connectivity index (χ3v) is 2.01. The number of hydrogen-bond acceptors (Lipinski definition) is 6. The number of esters is 1. The summed E-state index contributed by atoms with van der Waals surface area (Å²) < 4.78 is 9.48. The van der Waals surface area contributed by atoms with Gasteiger partial charge in [0, 0.05) is 13.5 Å². The molecule has 7 nitrogen and oxygen atoms in total. The van der Waals surface area contributed by atoms with Gasteiger partial charge in [0.05, 0.1) is 6.61 Å². The average Bonchev–Trinajstić information content (AvgIpc) is 2.72. The van der Waals surface area contributed by atoms with Gasteiger partial charge in [-0.2, -0.15) is 4.98 Å². The molecule has 0 saturated carbocycles. The number of amides is 1. The fraction of sp³-hybridized carbons (Fsp3) is 0.600. The largest absolute Gasteiger partial charge is 0.465 e. The van der Waals surface area contributed by atoms with E-state index in [0.717, 1.165) is 0 Å². The highest BCUT2D eigenvalue weighted by Gasteiger charge is 2.22. The Balaban J connectivity index is 2.67. The van der Waals surface area contributed by atoms with E-state index < -0.39 is 11.9 Å². The summed E-state index contributed by atoms with van der Waals surface area (Å²) in [6, 6.07) is 0. The van der Waals surface area contributed by atoms with Gasteiger partial charge in [-0.05, 0) is 13.8 Å². The zero-order valence-electron chi connectivity index (χ0n) is 10.1. The van der Waals surface area contributed by atoms with Crippen LogP contribution in [0.3, 0.4) is 0 Å². The highest BCUT2D eigenvalue weighted by molar-refractivity contribution is 5.92. The summed E-state index contributed by atoms with van der Waals surface area (Å²) >= 11 is 0. The molecule has 0 atom stereocenters. The Morgan fingerprint density at radius 2 is 2.12 bits per heavy atom. The van der Waals surface area contributed by atoms with Crippen LogP contribution in [0, 0.1) is 6.92 Å². The lowest BCUT2D eigenvalue weighted by atomic mass is 10.4. The van der Waals surface area contributed by atoms with Crippen molar-refractivity contribution in [1.29, 1.82) is 0 Å². The Kier molecular flexibility index (Phi) is 4.62. The van der Waals surface area contributed by atoms with Gasteiger partial charge in [-0.1, -0.05) is 5.16 Å². The maximum Gasteiger partial charge on any atom is 0.325 e. The van der Waals surface area contributed by atoms with Crippen molar-refractivity contribution in [3.8, 4) is 0 Å². The smallest absolute Gasteiger partial charge is 0.325 e. The molecule has 0 aliphatic heterocycles. The van der Waals surface area contributed by atoms with Crippen LogP contribution >= 0.6 is 0 Å². The Morgan fingerprint density at radius 3 is 2.59 bits per heavy atom. The van der Waals surface area contributed by atoms with E-state index >= 15 is 0 Å². The molecule has 94 valence electrons. The fourth-order valence-corrected chi connectivity index (χ4v) is 1.22. The SMILES string of the molecule is CCOC(=O)CN(CC)C(=O)c1noc(C)n1. The predicted molar refractivity (Wildman–Crippen MR) is 57.2 cm³/mol. The van der Waals surface area contributed by atoms with E-state index in [4.69, 9.17) is 9.26 Å². The van der Waals surface area contributed by atoms with Crippen molar-refractivity contribution in [3.63, 3.8) is 0 Å². The molecular formula is C10H15N3O4. The minimum Gasteiger partial charge on any atom is -0.465 e. The molecule has 1 rings (SSSR count). The number of nitrogens with zero attached hydrogens (tertiary/aromatic N) is 3. The first kappa shape index (κ1) is 13.1. The number of hydrogen-bond donors (Lipinski definition) is 0. The van der Waals surface area contributed by atoms with Crippen molar-refractivity contribution in [1.82, 2.24) is 15.0 Å². The monoisotopic (exact) mass is 241 g/mol. The Labute approximate surface area is 98.7 Å². The van der Waals surface area contributed by atoms with Crippen molar-refractivity contribution < 1.29 is 18.8 Å². The molecule has 0 N–H and O–H groups in total. The summed E-state index contributed by atoms with van der Waals surface area (Å²) in [5.41, 5.74) is 0. The molecule has 1 aromatic rings. The molecule has 0 bridgehead atoms. The van der Waals surface area contributed by atoms with E-state index in [1.807, 2.05) is 0 Å². The van der Waals surface area contributed by atoms with Crippen LogP contribution < -0.4 is 0 Å². The molecule has 1 heterocycles. The summed E-state index contributed by atoms with van der Waals surface area (Å²) in [4.78, 5) is 28.2. The van der Waals surface area contributed by atoms with Crippen molar-refractivity contribution >= 4 is 11.9 Å². The van der Waals surface area contributed by atoms with Crippen molar-refractivity contribution in [2.24, 2.45) is 0 Å². The molecule has 0 saturated heterocycles. The summed E-state index contributed by atoms with van der Waals surface area (Å²) in [5.74, 6) is -0.644. The van der Waals surface area contributed by atoms with Gasteiger partial charge >= 0.3 is 5.97 Å². The molecule has 0 aromatic carbocycles. The van der Waals surface area contributed by atoms with Crippen LogP contribution in [-0.4, -0.2) is 46.6 Å². The third kappa shape index (κ3) is 3.54. The fourth-order valence-electron chi connectivity index (χ4n) is 1.22. The standard InChI is InChI=1S/C10H15N3O4/c1-4-13(6-8(14)16-5-2)10(15)9-11-7(3)17-12-9/h4-6H2,1-3H3. The lowest BCUT2D eigenvalue weighted by Crippen LogP contribution is -2.36. The van der Waals surface area contributed by atoms with Crippen LogP contribution in [0.1, 0.15) is 30.4 Å². The predicted octanol–water partition coefficient (Wildman–Crippen LogP) is 0.403. The Bertz CT molecular complexity index is 402. The van der Waals surface area contributed by atoms with Crippen LogP contribution in [0.5, 0.6) is 0 Å². The third-order valence-electron chi connectivity index (χ3n) is 2.01. The van der Waals surface area contributed by atoms with Crippen LogP contribution in [0.4, 0.5) is 0 Å². The second-order valence-electron chi connectivity index (χ2n) is 3.26. The molecule has 0 fully saturated rings. The Morgan fingerprint density at radius 1 is 1.41 bits per heavy atom. The number of carbonyl (C=O) groups is 2. The second kappa shape index (κ2) is 5.97. The molecule has 0 spiro atoms. The summed E-state index contributed by atoms with van der Waals surface area (Å²) in [6.45, 7) is 5.59. The van der Waals surface area contributed by atoms with Crippen molar-refractivity contribution in [2.45, 2.75) is 20.8 Å². The quantitative estimate of drug-likeness (QED) is 0.694. The minimum absolute atomic E-state index is 0.0475. The highest BCUT2D eigenvalue weighted by atomic mass is 16.5. The zero-order valence-corrected chi connectivity index (χ0v) is 10.1. The van der Waals surface area contributed by atoms with Crippen molar-refractivity contribution in [2.75, 3.05) is 19.7 Å². The van der Waals surface area contributed by atoms with E-state index in [1.54, 1.807) is 20.8 Å². The van der Waals surface area contributed by atoms with E-state index in [0.29, 0.717) is 12.4 Å². The van der Waals surface area contributed by atoms with Crippen molar-refractivity contribution in [3.05, 3.63) is 11.7 Å². The molecular weight excluding hydrogens is 226 g/mol. The molecule has 7 heteroatoms. The first-order valence-corrected chi connectivity index (χ1v) is 5.33. The summed E-state index contributed by atoms with van der Waals surface area (Å²) in [5, 5.41) is 3.51. The number of likely N-dealkylation sites (N-methyl/N-ethyl adjacent to an activating group) is 1. The topological polar surface area (TPSA) is 85.5 Å².